The monoisotopic (exact) mass is 570 g/mol. The highest BCUT2D eigenvalue weighted by Crippen LogP contribution is 2.42. The number of likely N-dealkylation sites (tertiary alicyclic amines) is 1. The molecule has 1 heterocycles. The Morgan fingerprint density at radius 3 is 2.05 bits per heavy atom. The first-order valence-electron chi connectivity index (χ1n) is 14.6. The van der Waals surface area contributed by atoms with Gasteiger partial charge in [0.05, 0.1) is 6.04 Å². The van der Waals surface area contributed by atoms with Crippen LogP contribution in [-0.2, 0) is 16.0 Å². The van der Waals surface area contributed by atoms with Crippen molar-refractivity contribution in [2.75, 3.05) is 6.54 Å². The zero-order valence-electron chi connectivity index (χ0n) is 25.1. The highest BCUT2D eigenvalue weighted by molar-refractivity contribution is 7.00. The van der Waals surface area contributed by atoms with E-state index in [1.807, 2.05) is 37.8 Å². The number of rotatable bonds is 6. The largest absolute Gasteiger partial charge is 0.534 e. The maximum atomic E-state index is 13.4. The fraction of sp³-hybridized carbons (Fsp3) is 0.412. The molecule has 1 saturated heterocycles. The third kappa shape index (κ3) is 5.78. The maximum absolute atomic E-state index is 13.4. The molecule has 3 aromatic carbocycles. The summed E-state index contributed by atoms with van der Waals surface area (Å²) in [6.07, 6.45) is 1.80. The van der Waals surface area contributed by atoms with Crippen molar-refractivity contribution < 1.29 is 18.8 Å². The second kappa shape index (κ2) is 11.0. The lowest BCUT2D eigenvalue weighted by Crippen LogP contribution is -2.68. The second-order valence-corrected chi connectivity index (χ2v) is 17.4. The first kappa shape index (κ1) is 28.9. The Labute approximate surface area is 245 Å². The molecule has 1 fully saturated rings. The van der Waals surface area contributed by atoms with Crippen molar-refractivity contribution in [2.24, 2.45) is 0 Å². The number of hydrogen-bond donors (Lipinski definition) is 1. The van der Waals surface area contributed by atoms with Gasteiger partial charge in [0.1, 0.15) is 17.4 Å². The number of nitrogens with one attached hydrogen (secondary N) is 1. The number of amides is 2. The molecule has 1 N–H and O–H groups in total. The van der Waals surface area contributed by atoms with E-state index in [4.69, 9.17) is 9.16 Å². The smallest absolute Gasteiger partial charge is 0.408 e. The zero-order chi connectivity index (χ0) is 29.4. The van der Waals surface area contributed by atoms with E-state index in [2.05, 4.69) is 92.8 Å². The molecule has 41 heavy (non-hydrogen) atoms. The summed E-state index contributed by atoms with van der Waals surface area (Å²) < 4.78 is 12.7. The van der Waals surface area contributed by atoms with Crippen LogP contribution in [0, 0.1) is 0 Å². The van der Waals surface area contributed by atoms with E-state index in [1.54, 1.807) is 0 Å². The molecule has 1 aliphatic carbocycles. The van der Waals surface area contributed by atoms with Crippen molar-refractivity contribution in [3.8, 4) is 5.75 Å². The van der Waals surface area contributed by atoms with Crippen LogP contribution in [0.2, 0.25) is 5.04 Å². The lowest BCUT2D eigenvalue weighted by molar-refractivity contribution is -0.131. The van der Waals surface area contributed by atoms with E-state index in [0.717, 1.165) is 24.2 Å². The van der Waals surface area contributed by atoms with Crippen LogP contribution < -0.4 is 20.1 Å². The molecule has 0 saturated carbocycles. The van der Waals surface area contributed by atoms with Gasteiger partial charge in [-0.1, -0.05) is 87.5 Å². The molecule has 0 bridgehead atoms. The zero-order valence-corrected chi connectivity index (χ0v) is 26.1. The fourth-order valence-corrected chi connectivity index (χ4v) is 10.8. The molecular weight excluding hydrogens is 528 g/mol. The number of ether oxygens (including phenoxy) is 1. The van der Waals surface area contributed by atoms with Gasteiger partial charge in [-0.3, -0.25) is 4.79 Å². The molecule has 0 spiro atoms. The predicted molar refractivity (Wildman–Crippen MR) is 165 cm³/mol. The number of carbonyl (C=O) groups is 2. The third-order valence-corrected chi connectivity index (χ3v) is 13.1. The molecule has 2 amide bonds. The first-order valence-corrected chi connectivity index (χ1v) is 16.5. The van der Waals surface area contributed by atoms with Crippen LogP contribution >= 0.6 is 0 Å². The minimum absolute atomic E-state index is 0.0364. The van der Waals surface area contributed by atoms with Crippen LogP contribution in [0.1, 0.15) is 71.6 Å². The van der Waals surface area contributed by atoms with Gasteiger partial charge in [-0.05, 0) is 78.7 Å². The van der Waals surface area contributed by atoms with Crippen molar-refractivity contribution in [2.45, 2.75) is 83.5 Å². The van der Waals surface area contributed by atoms with Gasteiger partial charge in [0.25, 0.3) is 0 Å². The van der Waals surface area contributed by atoms with Crippen LogP contribution in [0.15, 0.2) is 78.9 Å². The van der Waals surface area contributed by atoms with Crippen molar-refractivity contribution >= 4 is 30.7 Å². The molecule has 3 aromatic rings. The molecular formula is C34H42N2O4Si. The van der Waals surface area contributed by atoms with Gasteiger partial charge in [0.2, 0.25) is 5.91 Å². The lowest BCUT2D eigenvalue weighted by Gasteiger charge is -2.43. The van der Waals surface area contributed by atoms with Crippen LogP contribution in [0.25, 0.3) is 0 Å². The SMILES string of the molecule is CC(C)(C)OC(=O)N[C@H]1CCN(C2CCc3ccc(O[Si](c4ccccc4)(c4ccccc4)C(C)(C)C)cc32)C1=O. The molecule has 1 unspecified atom stereocenters. The third-order valence-electron chi connectivity index (χ3n) is 8.16. The summed E-state index contributed by atoms with van der Waals surface area (Å²) in [5, 5.41) is 5.08. The molecule has 2 aliphatic rings. The summed E-state index contributed by atoms with van der Waals surface area (Å²) >= 11 is 0. The minimum Gasteiger partial charge on any atom is -0.534 e. The second-order valence-electron chi connectivity index (χ2n) is 13.2. The Morgan fingerprint density at radius 2 is 1.49 bits per heavy atom. The fourth-order valence-electron chi connectivity index (χ4n) is 6.37. The minimum atomic E-state index is -2.78. The molecule has 6 nitrogen and oxygen atoms in total. The summed E-state index contributed by atoms with van der Waals surface area (Å²) in [5.41, 5.74) is 1.78. The summed E-state index contributed by atoms with van der Waals surface area (Å²) in [6, 6.07) is 27.1. The van der Waals surface area contributed by atoms with Gasteiger partial charge in [-0.25, -0.2) is 4.79 Å². The van der Waals surface area contributed by atoms with Gasteiger partial charge < -0.3 is 19.4 Å². The number of alkyl carbamates (subject to hydrolysis) is 1. The van der Waals surface area contributed by atoms with E-state index >= 15 is 0 Å². The quantitative estimate of drug-likeness (QED) is 0.384. The standard InChI is InChI=1S/C34H42N2O4Si/c1-33(2,3)39-32(38)35-29-21-22-36(31(29)37)30-20-18-24-17-19-25(23-28(24)30)40-41(34(4,5)6,26-13-9-7-10-14-26)27-15-11-8-12-16-27/h7-17,19,23,29-30H,18,20-22H2,1-6H3,(H,35,38)/t29-,30?/m0/s1. The Hall–Kier alpha value is -3.58. The van der Waals surface area contributed by atoms with Crippen LogP contribution in [0.3, 0.4) is 0 Å². The normalized spacial score (nSPS) is 19.2. The molecule has 5 rings (SSSR count). The topological polar surface area (TPSA) is 67.9 Å². The number of benzene rings is 3. The molecule has 2 atom stereocenters. The van der Waals surface area contributed by atoms with Gasteiger partial charge in [-0.2, -0.15) is 0 Å². The predicted octanol–water partition coefficient (Wildman–Crippen LogP) is 5.74. The number of nitrogens with zero attached hydrogens (tertiary/aromatic N) is 1. The van der Waals surface area contributed by atoms with E-state index in [1.165, 1.54) is 15.9 Å². The summed E-state index contributed by atoms with van der Waals surface area (Å²) in [4.78, 5) is 27.7. The lowest BCUT2D eigenvalue weighted by atomic mass is 10.1. The van der Waals surface area contributed by atoms with Gasteiger partial charge in [-0.15, -0.1) is 0 Å². The van der Waals surface area contributed by atoms with E-state index in [-0.39, 0.29) is 17.0 Å². The maximum Gasteiger partial charge on any atom is 0.408 e. The Morgan fingerprint density at radius 1 is 0.878 bits per heavy atom. The highest BCUT2D eigenvalue weighted by atomic mass is 28.4. The summed E-state index contributed by atoms with van der Waals surface area (Å²) in [6.45, 7) is 12.9. The van der Waals surface area contributed by atoms with Crippen molar-refractivity contribution in [1.29, 1.82) is 0 Å². The summed E-state index contributed by atoms with van der Waals surface area (Å²) in [7, 11) is -2.78. The van der Waals surface area contributed by atoms with Gasteiger partial charge in [0, 0.05) is 6.54 Å². The average molecular weight is 571 g/mol. The Kier molecular flexibility index (Phi) is 7.77. The van der Waals surface area contributed by atoms with E-state index < -0.39 is 26.1 Å². The van der Waals surface area contributed by atoms with Gasteiger partial charge >= 0.3 is 14.4 Å². The molecule has 0 radical (unpaired) electrons. The number of aryl methyl sites for hydroxylation is 1. The number of carbonyl (C=O) groups excluding carboxylic acids is 2. The Balaban J connectivity index is 1.45. The summed E-state index contributed by atoms with van der Waals surface area (Å²) in [5.74, 6) is 0.784. The molecule has 0 aromatic heterocycles. The van der Waals surface area contributed by atoms with E-state index in [9.17, 15) is 9.59 Å². The van der Waals surface area contributed by atoms with Crippen molar-refractivity contribution in [1.82, 2.24) is 10.2 Å². The number of fused-ring (bicyclic) bond motifs is 1. The molecule has 216 valence electrons. The van der Waals surface area contributed by atoms with Crippen LogP contribution in [0.5, 0.6) is 5.75 Å². The van der Waals surface area contributed by atoms with E-state index in [0.29, 0.717) is 13.0 Å². The van der Waals surface area contributed by atoms with Crippen molar-refractivity contribution in [3.05, 3.63) is 90.0 Å². The van der Waals surface area contributed by atoms with Gasteiger partial charge in [0.15, 0.2) is 0 Å². The molecule has 7 heteroatoms. The first-order chi connectivity index (χ1) is 19.4. The Bertz CT molecular complexity index is 1360. The van der Waals surface area contributed by atoms with Crippen LogP contribution in [-0.4, -0.2) is 43.4 Å². The average Bonchev–Trinajstić information content (AvgIpc) is 3.49. The van der Waals surface area contributed by atoms with Crippen LogP contribution in [0.4, 0.5) is 4.79 Å². The number of hydrogen-bond acceptors (Lipinski definition) is 4. The van der Waals surface area contributed by atoms with Crippen molar-refractivity contribution in [3.63, 3.8) is 0 Å². The molecule has 1 aliphatic heterocycles. The highest BCUT2D eigenvalue weighted by Gasteiger charge is 2.52.